The van der Waals surface area contributed by atoms with Gasteiger partial charge in [-0.15, -0.1) is 0 Å². The lowest BCUT2D eigenvalue weighted by Gasteiger charge is -2.14. The molecular weight excluding hydrogens is 400 g/mol. The Balaban J connectivity index is 1.73. The van der Waals surface area contributed by atoms with Crippen LogP contribution in [0.25, 0.3) is 5.52 Å². The van der Waals surface area contributed by atoms with E-state index in [0.717, 1.165) is 19.0 Å². The lowest BCUT2D eigenvalue weighted by molar-refractivity contribution is -0.117. The molecule has 0 saturated heterocycles. The Hall–Kier alpha value is -3.66. The topological polar surface area (TPSA) is 119 Å². The van der Waals surface area contributed by atoms with Crippen LogP contribution in [0.4, 0.5) is 17.2 Å². The number of amides is 2. The van der Waals surface area contributed by atoms with Crippen LogP contribution in [0.15, 0.2) is 30.7 Å². The molecule has 0 atom stereocenters. The number of anilines is 3. The van der Waals surface area contributed by atoms with Crippen molar-refractivity contribution < 1.29 is 27.3 Å². The van der Waals surface area contributed by atoms with Crippen molar-refractivity contribution in [1.82, 2.24) is 19.9 Å². The minimum Gasteiger partial charge on any atom is -0.494 e. The number of carbonyl (C=O) groups is 2. The summed E-state index contributed by atoms with van der Waals surface area (Å²) in [6.07, 6.45) is 5.75. The molecule has 31 heavy (non-hydrogen) atoms. The summed E-state index contributed by atoms with van der Waals surface area (Å²) in [4.78, 5) is 29.1. The summed E-state index contributed by atoms with van der Waals surface area (Å²) < 4.78 is 55.9. The van der Waals surface area contributed by atoms with Crippen molar-refractivity contribution in [1.29, 1.82) is 0 Å². The van der Waals surface area contributed by atoms with Crippen LogP contribution in [0.1, 0.15) is 37.0 Å². The number of ether oxygens (including phenoxy) is 2. The van der Waals surface area contributed by atoms with Gasteiger partial charge in [-0.05, 0) is 18.9 Å². The minimum atomic E-state index is -2.74. The molecule has 10 nitrogen and oxygen atoms in total. The van der Waals surface area contributed by atoms with Crippen molar-refractivity contribution >= 4 is 34.5 Å². The largest absolute Gasteiger partial charge is 0.494 e. The van der Waals surface area contributed by atoms with E-state index in [0.29, 0.717) is 16.8 Å². The molecule has 0 radical (unpaired) electrons. The molecule has 0 unspecified atom stereocenters. The van der Waals surface area contributed by atoms with Gasteiger partial charge in [-0.25, -0.2) is 9.50 Å². The number of nitrogens with zero attached hydrogens (tertiary/aromatic N) is 3. The molecule has 3 aromatic heterocycles. The van der Waals surface area contributed by atoms with Gasteiger partial charge < -0.3 is 25.4 Å². The van der Waals surface area contributed by atoms with Gasteiger partial charge >= 0.3 is 0 Å². The van der Waals surface area contributed by atoms with Crippen LogP contribution in [0.3, 0.4) is 0 Å². The second kappa shape index (κ2) is 8.60. The number of pyridine rings is 2. The van der Waals surface area contributed by atoms with Gasteiger partial charge in [0.15, 0.2) is 5.75 Å². The Labute approximate surface area is 187 Å². The number of fused-ring (bicyclic) bond motifs is 1. The molecule has 1 saturated carbocycles. The van der Waals surface area contributed by atoms with Crippen LogP contribution >= 0.6 is 0 Å². The molecule has 0 aliphatic heterocycles. The van der Waals surface area contributed by atoms with Gasteiger partial charge in [0.05, 0.1) is 41.0 Å². The molecule has 1 aliphatic rings. The van der Waals surface area contributed by atoms with Gasteiger partial charge in [-0.1, -0.05) is 0 Å². The molecule has 162 valence electrons. The Morgan fingerprint density at radius 1 is 1.32 bits per heavy atom. The summed E-state index contributed by atoms with van der Waals surface area (Å²) in [6.45, 7) is -3.00. The highest BCUT2D eigenvalue weighted by Crippen LogP contribution is 2.34. The first-order chi connectivity index (χ1) is 17.3. The maximum atomic E-state index is 12.7. The minimum absolute atomic E-state index is 0.0869. The summed E-state index contributed by atoms with van der Waals surface area (Å²) in [5, 5.41) is 11.9. The standard InChI is InChI=1S/C21H24N6O4/c1-22-21(29)14-9-23-17(26-20(28)12-4-5-12)8-15(14)25-16-10-24-27-7-6-13(11-30-2)19(31-3)18(16)27/h6-10,12H,4-5,11H2,1-3H3,(H,22,29)(H2,23,25,26,28)/i1D3,2D3. The lowest BCUT2D eigenvalue weighted by atomic mass is 10.2. The zero-order valence-electron chi connectivity index (χ0n) is 22.6. The van der Waals surface area contributed by atoms with Gasteiger partial charge in [-0.2, -0.15) is 5.10 Å². The first-order valence-electron chi connectivity index (χ1n) is 12.4. The second-order valence-corrected chi connectivity index (χ2v) is 6.97. The van der Waals surface area contributed by atoms with Crippen molar-refractivity contribution in [2.75, 3.05) is 31.8 Å². The number of methoxy groups -OCH3 is 2. The van der Waals surface area contributed by atoms with E-state index >= 15 is 0 Å². The zero-order valence-corrected chi connectivity index (χ0v) is 16.6. The quantitative estimate of drug-likeness (QED) is 0.502. The maximum Gasteiger partial charge on any atom is 0.254 e. The molecule has 3 N–H and O–H groups in total. The summed E-state index contributed by atoms with van der Waals surface area (Å²) in [6, 6.07) is 3.01. The molecule has 10 heteroatoms. The average Bonchev–Trinajstić information content (AvgIpc) is 3.57. The molecule has 2 amide bonds. The van der Waals surface area contributed by atoms with Crippen molar-refractivity contribution in [2.24, 2.45) is 5.92 Å². The molecule has 1 aliphatic carbocycles. The van der Waals surface area contributed by atoms with Crippen LogP contribution in [0, 0.1) is 5.92 Å². The van der Waals surface area contributed by atoms with Crippen molar-refractivity contribution in [3.8, 4) is 5.75 Å². The monoisotopic (exact) mass is 430 g/mol. The fourth-order valence-corrected chi connectivity index (χ4v) is 3.19. The molecular formula is C21H24N6O4. The van der Waals surface area contributed by atoms with Gasteiger partial charge in [0.25, 0.3) is 5.91 Å². The van der Waals surface area contributed by atoms with E-state index in [4.69, 9.17) is 17.7 Å². The number of carbonyl (C=O) groups excluding carboxylic acids is 2. The van der Waals surface area contributed by atoms with E-state index in [9.17, 15) is 9.59 Å². The smallest absolute Gasteiger partial charge is 0.254 e. The summed E-state index contributed by atoms with van der Waals surface area (Å²) in [5.74, 6) is -0.757. The fourth-order valence-electron chi connectivity index (χ4n) is 3.19. The van der Waals surface area contributed by atoms with E-state index < -0.39 is 19.9 Å². The SMILES string of the molecule is [2H]C([2H])([2H])NC(=O)c1cnc(NC(=O)C2CC2)cc1Nc1cnn2ccc(COC([2H])([2H])[2H])c(OC)c12. The zero-order chi connectivity index (χ0) is 27.0. The number of hydrogen-bond acceptors (Lipinski definition) is 7. The average molecular weight is 430 g/mol. The Morgan fingerprint density at radius 2 is 2.19 bits per heavy atom. The van der Waals surface area contributed by atoms with E-state index in [1.807, 2.05) is 5.32 Å². The van der Waals surface area contributed by atoms with Crippen LogP contribution in [-0.2, 0) is 16.1 Å². The third-order valence-electron chi connectivity index (χ3n) is 4.88. The predicted molar refractivity (Wildman–Crippen MR) is 115 cm³/mol. The van der Waals surface area contributed by atoms with Crippen LogP contribution in [0.5, 0.6) is 5.75 Å². The maximum absolute atomic E-state index is 12.7. The molecule has 0 spiro atoms. The van der Waals surface area contributed by atoms with Crippen LogP contribution in [0.2, 0.25) is 0 Å². The first-order valence-corrected chi connectivity index (χ1v) is 9.42. The van der Waals surface area contributed by atoms with Crippen molar-refractivity contribution in [2.45, 2.75) is 19.4 Å². The molecule has 4 rings (SSSR count). The third-order valence-corrected chi connectivity index (χ3v) is 4.88. The number of hydrogen-bond donors (Lipinski definition) is 3. The van der Waals surface area contributed by atoms with E-state index in [1.165, 1.54) is 23.9 Å². The normalized spacial score (nSPS) is 16.8. The first kappa shape index (κ1) is 14.4. The van der Waals surface area contributed by atoms with E-state index in [-0.39, 0.29) is 41.3 Å². The molecule has 3 aromatic rings. The predicted octanol–water partition coefficient (Wildman–Crippen LogP) is 2.34. The van der Waals surface area contributed by atoms with Gasteiger partial charge in [0, 0.05) is 48.1 Å². The summed E-state index contributed by atoms with van der Waals surface area (Å²) in [7, 11) is -1.21. The van der Waals surface area contributed by atoms with Gasteiger partial charge in [0.2, 0.25) is 5.91 Å². The van der Waals surface area contributed by atoms with Gasteiger partial charge in [-0.3, -0.25) is 9.59 Å². The fraction of sp³-hybridized carbons (Fsp3) is 0.333. The number of aromatic nitrogens is 3. The van der Waals surface area contributed by atoms with E-state index in [2.05, 4.69) is 20.7 Å². The Kier molecular flexibility index (Phi) is 3.99. The lowest BCUT2D eigenvalue weighted by Crippen LogP contribution is -2.20. The molecule has 0 aromatic carbocycles. The summed E-state index contributed by atoms with van der Waals surface area (Å²) in [5.41, 5.74) is 1.23. The molecule has 0 bridgehead atoms. The Morgan fingerprint density at radius 3 is 2.94 bits per heavy atom. The highest BCUT2D eigenvalue weighted by atomic mass is 16.5. The van der Waals surface area contributed by atoms with Crippen LogP contribution < -0.4 is 20.7 Å². The summed E-state index contributed by atoms with van der Waals surface area (Å²) >= 11 is 0. The van der Waals surface area contributed by atoms with Crippen molar-refractivity contribution in [3.63, 3.8) is 0 Å². The Bertz CT molecular complexity index is 1340. The van der Waals surface area contributed by atoms with Crippen molar-refractivity contribution in [3.05, 3.63) is 41.9 Å². The van der Waals surface area contributed by atoms with E-state index in [1.54, 1.807) is 12.3 Å². The third kappa shape index (κ3) is 4.15. The highest BCUT2D eigenvalue weighted by molar-refractivity contribution is 6.02. The number of rotatable bonds is 8. The molecule has 3 heterocycles. The molecule has 1 fully saturated rings. The second-order valence-electron chi connectivity index (χ2n) is 6.97. The highest BCUT2D eigenvalue weighted by Gasteiger charge is 2.30. The van der Waals surface area contributed by atoms with Gasteiger partial charge in [0.1, 0.15) is 11.3 Å². The van der Waals surface area contributed by atoms with Crippen LogP contribution in [-0.4, -0.2) is 47.5 Å². The number of nitrogens with one attached hydrogen (secondary N) is 3.